The van der Waals surface area contributed by atoms with Crippen molar-refractivity contribution in [2.24, 2.45) is 11.3 Å². The third-order valence-electron chi connectivity index (χ3n) is 6.52. The molecule has 4 heterocycles. The highest BCUT2D eigenvalue weighted by atomic mass is 32.2. The van der Waals surface area contributed by atoms with E-state index < -0.39 is 6.10 Å². The van der Waals surface area contributed by atoms with E-state index in [2.05, 4.69) is 46.7 Å². The Labute approximate surface area is 219 Å². The van der Waals surface area contributed by atoms with Crippen molar-refractivity contribution < 1.29 is 9.90 Å². The highest BCUT2D eigenvalue weighted by molar-refractivity contribution is 7.99. The Morgan fingerprint density at radius 2 is 2.00 bits per heavy atom. The number of H-pyrrole nitrogens is 1. The number of carbonyl (C=O) groups is 1. The molecule has 1 aromatic carbocycles. The lowest BCUT2D eigenvalue weighted by molar-refractivity contribution is -0.117. The molecule has 194 valence electrons. The molecular weight excluding hydrogens is 488 g/mol. The fraction of sp³-hybridized carbons (Fsp3) is 0.385. The molecule has 1 aliphatic heterocycles. The number of benzene rings is 1. The number of aliphatic hydroxyl groups is 1. The number of carbonyl (C=O) groups excluding carboxylic acids is 1. The van der Waals surface area contributed by atoms with Crippen LogP contribution < -0.4 is 10.6 Å². The molecule has 1 amide bonds. The molecule has 0 aliphatic carbocycles. The second-order valence-electron chi connectivity index (χ2n) is 10.6. The van der Waals surface area contributed by atoms with E-state index in [0.29, 0.717) is 23.3 Å². The van der Waals surface area contributed by atoms with Crippen molar-refractivity contribution in [3.05, 3.63) is 54.4 Å². The number of rotatable bonds is 7. The van der Waals surface area contributed by atoms with Crippen LogP contribution in [0.5, 0.6) is 0 Å². The number of amides is 1. The van der Waals surface area contributed by atoms with Crippen LogP contribution in [0.15, 0.2) is 58.7 Å². The summed E-state index contributed by atoms with van der Waals surface area (Å²) in [4.78, 5) is 20.3. The van der Waals surface area contributed by atoms with Crippen LogP contribution in [0.4, 0.5) is 17.3 Å². The molecule has 4 aromatic rings. The minimum atomic E-state index is -0.406. The second kappa shape index (κ2) is 10.2. The highest BCUT2D eigenvalue weighted by Crippen LogP contribution is 2.34. The summed E-state index contributed by atoms with van der Waals surface area (Å²) < 4.78 is 1.78. The lowest BCUT2D eigenvalue weighted by Gasteiger charge is -2.29. The van der Waals surface area contributed by atoms with Crippen molar-refractivity contribution in [2.45, 2.75) is 43.9 Å². The van der Waals surface area contributed by atoms with Crippen LogP contribution in [0, 0.1) is 18.3 Å². The summed E-state index contributed by atoms with van der Waals surface area (Å²) in [5.74, 6) is 1.42. The normalized spacial score (nSPS) is 18.4. The second-order valence-corrected chi connectivity index (χ2v) is 11.6. The summed E-state index contributed by atoms with van der Waals surface area (Å²) in [7, 11) is 0. The fourth-order valence-corrected chi connectivity index (χ4v) is 5.36. The first-order chi connectivity index (χ1) is 17.6. The lowest BCUT2D eigenvalue weighted by Crippen LogP contribution is -2.33. The highest BCUT2D eigenvalue weighted by Gasteiger charge is 2.39. The maximum atomic E-state index is 12.6. The van der Waals surface area contributed by atoms with Crippen molar-refractivity contribution in [1.82, 2.24) is 29.7 Å². The van der Waals surface area contributed by atoms with E-state index >= 15 is 0 Å². The molecule has 0 bridgehead atoms. The first-order valence-corrected chi connectivity index (χ1v) is 13.1. The molecule has 0 unspecified atom stereocenters. The molecule has 3 aromatic heterocycles. The molecule has 5 rings (SSSR count). The third kappa shape index (κ3) is 5.95. The van der Waals surface area contributed by atoms with Crippen LogP contribution in [0.1, 0.15) is 26.5 Å². The van der Waals surface area contributed by atoms with E-state index in [1.54, 1.807) is 4.52 Å². The maximum absolute atomic E-state index is 12.6. The number of fused-ring (bicyclic) bond motifs is 1. The molecule has 0 saturated carbocycles. The number of β-amino-alcohol motifs (C(OH)–C–C–N with tert-alkyl or cyclic N) is 1. The molecular formula is C26H32N8O2S. The molecule has 4 N–H and O–H groups in total. The standard InChI is InChI=1S/C26H32N8O2S/c1-16-12-22(31-30-16)28-24-20-6-5-11-34(20)32-25(29-24)37-18-9-7-17(8-10-18)27-23(36)15-33-13-19(21(35)14-33)26(2,3)4/h5-12,19,21,35H,13-15H2,1-4H3,(H,27,36)(H2,28,29,30,31,32)/t19-,21-/m0/s1. The Bertz CT molecular complexity index is 1390. The van der Waals surface area contributed by atoms with Gasteiger partial charge in [-0.3, -0.25) is 14.8 Å². The number of nitrogens with one attached hydrogen (secondary N) is 3. The molecule has 2 atom stereocenters. The third-order valence-corrected chi connectivity index (χ3v) is 7.38. The van der Waals surface area contributed by atoms with Crippen molar-refractivity contribution in [3.63, 3.8) is 0 Å². The van der Waals surface area contributed by atoms with Crippen LogP contribution in [-0.4, -0.2) is 66.4 Å². The van der Waals surface area contributed by atoms with E-state index in [1.807, 2.05) is 60.5 Å². The lowest BCUT2D eigenvalue weighted by atomic mass is 9.79. The van der Waals surface area contributed by atoms with Crippen molar-refractivity contribution in [2.75, 3.05) is 30.3 Å². The number of aromatic amines is 1. The van der Waals surface area contributed by atoms with Crippen LogP contribution in [0.25, 0.3) is 5.52 Å². The Morgan fingerprint density at radius 1 is 1.22 bits per heavy atom. The summed E-state index contributed by atoms with van der Waals surface area (Å²) in [6.07, 6.45) is 1.47. The zero-order chi connectivity index (χ0) is 26.2. The number of anilines is 3. The van der Waals surface area contributed by atoms with E-state index in [0.717, 1.165) is 28.3 Å². The van der Waals surface area contributed by atoms with Gasteiger partial charge in [-0.25, -0.2) is 9.50 Å². The Balaban J connectivity index is 1.21. The van der Waals surface area contributed by atoms with E-state index in [4.69, 9.17) is 4.98 Å². The van der Waals surface area contributed by atoms with E-state index in [9.17, 15) is 9.90 Å². The van der Waals surface area contributed by atoms with Gasteiger partial charge < -0.3 is 15.7 Å². The number of aromatic nitrogens is 5. The van der Waals surface area contributed by atoms with Crippen molar-refractivity contribution >= 4 is 40.5 Å². The fourth-order valence-electron chi connectivity index (χ4n) is 4.61. The number of aliphatic hydroxyl groups excluding tert-OH is 1. The van der Waals surface area contributed by atoms with Gasteiger partial charge >= 0.3 is 0 Å². The van der Waals surface area contributed by atoms with E-state index in [-0.39, 0.29) is 23.8 Å². The zero-order valence-electron chi connectivity index (χ0n) is 21.4. The van der Waals surface area contributed by atoms with Gasteiger partial charge in [0.05, 0.1) is 12.6 Å². The van der Waals surface area contributed by atoms with Crippen LogP contribution in [0.3, 0.4) is 0 Å². The van der Waals surface area contributed by atoms with Gasteiger partial charge in [-0.05, 0) is 60.5 Å². The van der Waals surface area contributed by atoms with Gasteiger partial charge in [0.2, 0.25) is 11.1 Å². The first kappa shape index (κ1) is 25.2. The zero-order valence-corrected chi connectivity index (χ0v) is 22.2. The minimum absolute atomic E-state index is 0.00251. The van der Waals surface area contributed by atoms with Crippen LogP contribution >= 0.6 is 11.8 Å². The van der Waals surface area contributed by atoms with Gasteiger partial charge in [-0.2, -0.15) is 5.10 Å². The summed E-state index contributed by atoms with van der Waals surface area (Å²) >= 11 is 1.43. The monoisotopic (exact) mass is 520 g/mol. The van der Waals surface area contributed by atoms with Crippen LogP contribution in [-0.2, 0) is 4.79 Å². The number of aryl methyl sites for hydroxylation is 1. The van der Waals surface area contributed by atoms with Crippen molar-refractivity contribution in [1.29, 1.82) is 0 Å². The average Bonchev–Trinajstić information content (AvgIpc) is 3.55. The molecule has 0 radical (unpaired) electrons. The predicted molar refractivity (Wildman–Crippen MR) is 144 cm³/mol. The summed E-state index contributed by atoms with van der Waals surface area (Å²) in [5.41, 5.74) is 2.53. The molecule has 1 fully saturated rings. The molecule has 0 spiro atoms. The quantitative estimate of drug-likeness (QED) is 0.289. The SMILES string of the molecule is Cc1cc(Nc2nc(Sc3ccc(NC(=O)CN4C[C@H](O)[C@@H](C(C)(C)C)C4)cc3)nn3cccc23)n[nH]1. The summed E-state index contributed by atoms with van der Waals surface area (Å²) in [6.45, 7) is 9.83. The van der Waals surface area contributed by atoms with E-state index in [1.165, 1.54) is 11.8 Å². The maximum Gasteiger partial charge on any atom is 0.238 e. The number of hydrogen-bond donors (Lipinski definition) is 4. The first-order valence-electron chi connectivity index (χ1n) is 12.3. The largest absolute Gasteiger partial charge is 0.391 e. The summed E-state index contributed by atoms with van der Waals surface area (Å²) in [5, 5.41) is 28.9. The van der Waals surface area contributed by atoms with Crippen molar-refractivity contribution in [3.8, 4) is 0 Å². The van der Waals surface area contributed by atoms with Gasteiger partial charge in [0, 0.05) is 47.5 Å². The van der Waals surface area contributed by atoms with Gasteiger partial charge in [0.1, 0.15) is 5.52 Å². The van der Waals surface area contributed by atoms with Crippen LogP contribution in [0.2, 0.25) is 0 Å². The van der Waals surface area contributed by atoms with Gasteiger partial charge in [0.15, 0.2) is 11.6 Å². The molecule has 1 aliphatic rings. The minimum Gasteiger partial charge on any atom is -0.391 e. The smallest absolute Gasteiger partial charge is 0.238 e. The van der Waals surface area contributed by atoms with Gasteiger partial charge in [0.25, 0.3) is 0 Å². The molecule has 10 nitrogen and oxygen atoms in total. The number of likely N-dealkylation sites (tertiary alicyclic amines) is 1. The summed E-state index contributed by atoms with van der Waals surface area (Å²) in [6, 6.07) is 13.4. The predicted octanol–water partition coefficient (Wildman–Crippen LogP) is 3.93. The van der Waals surface area contributed by atoms with Gasteiger partial charge in [-0.1, -0.05) is 20.8 Å². The topological polar surface area (TPSA) is 123 Å². The Hall–Kier alpha value is -3.41. The van der Waals surface area contributed by atoms with Gasteiger partial charge in [-0.15, -0.1) is 5.10 Å². The number of nitrogens with zero attached hydrogens (tertiary/aromatic N) is 5. The Morgan fingerprint density at radius 3 is 2.68 bits per heavy atom. The molecule has 37 heavy (non-hydrogen) atoms. The molecule has 1 saturated heterocycles. The molecule has 11 heteroatoms. The average molecular weight is 521 g/mol. The number of hydrogen-bond acceptors (Lipinski definition) is 8. The Kier molecular flexibility index (Phi) is 6.93.